The van der Waals surface area contributed by atoms with Crippen molar-refractivity contribution in [2.75, 3.05) is 13.2 Å². The van der Waals surface area contributed by atoms with E-state index >= 15 is 0 Å². The molecule has 0 heterocycles. The highest BCUT2D eigenvalue weighted by Gasteiger charge is 2.51. The lowest BCUT2D eigenvalue weighted by Crippen LogP contribution is -2.64. The summed E-state index contributed by atoms with van der Waals surface area (Å²) < 4.78 is 33.6. The Bertz CT molecular complexity index is 1170. The molecule has 0 spiro atoms. The number of ether oxygens (including phenoxy) is 2. The third-order valence-electron chi connectivity index (χ3n) is 12.4. The summed E-state index contributed by atoms with van der Waals surface area (Å²) in [6, 6.07) is 0. The van der Waals surface area contributed by atoms with Crippen molar-refractivity contribution in [3.63, 3.8) is 0 Å². The summed E-state index contributed by atoms with van der Waals surface area (Å²) in [4.78, 5) is 35.8. The van der Waals surface area contributed by atoms with Gasteiger partial charge in [-0.1, -0.05) is 199 Å². The number of carbonyl (C=O) groups is 2. The molecule has 14 heteroatoms. The molecule has 0 amide bonds. The van der Waals surface area contributed by atoms with Crippen LogP contribution in [0.3, 0.4) is 0 Å². The van der Waals surface area contributed by atoms with Gasteiger partial charge in [-0.3, -0.25) is 18.6 Å². The van der Waals surface area contributed by atoms with Crippen LogP contribution in [-0.4, -0.2) is 98.3 Å². The van der Waals surface area contributed by atoms with E-state index in [0.29, 0.717) is 12.8 Å². The van der Waals surface area contributed by atoms with Crippen LogP contribution in [0.15, 0.2) is 12.2 Å². The predicted octanol–water partition coefficient (Wildman–Crippen LogP) is 11.0. The normalized spacial score (nSPS) is 21.6. The molecule has 64 heavy (non-hydrogen) atoms. The summed E-state index contributed by atoms with van der Waals surface area (Å²) >= 11 is 0. The van der Waals surface area contributed by atoms with Crippen LogP contribution in [-0.2, 0) is 32.7 Å². The Morgan fingerprint density at radius 3 is 1.20 bits per heavy atom. The van der Waals surface area contributed by atoms with Gasteiger partial charge in [-0.15, -0.1) is 0 Å². The minimum absolute atomic E-state index is 0.102. The second-order valence-electron chi connectivity index (χ2n) is 18.4. The molecule has 0 radical (unpaired) electrons. The number of hydrogen-bond donors (Lipinski definition) is 6. The van der Waals surface area contributed by atoms with E-state index in [1.807, 2.05) is 0 Å². The third-order valence-corrected chi connectivity index (χ3v) is 13.3. The quantitative estimate of drug-likeness (QED) is 0.0146. The molecule has 1 rings (SSSR count). The van der Waals surface area contributed by atoms with E-state index in [1.165, 1.54) is 148 Å². The first-order valence-electron chi connectivity index (χ1n) is 26.0. The second-order valence-corrected chi connectivity index (χ2v) is 19.8. The molecule has 6 N–H and O–H groups in total. The number of carbonyl (C=O) groups excluding carboxylic acids is 2. The monoisotopic (exact) mass is 935 g/mol. The van der Waals surface area contributed by atoms with Crippen LogP contribution in [0.25, 0.3) is 0 Å². The maximum Gasteiger partial charge on any atom is 0.472 e. The first kappa shape index (κ1) is 60.6. The Morgan fingerprint density at radius 2 is 0.797 bits per heavy atom. The molecule has 1 fully saturated rings. The van der Waals surface area contributed by atoms with Crippen molar-refractivity contribution in [3.8, 4) is 0 Å². The first-order valence-corrected chi connectivity index (χ1v) is 27.5. The van der Waals surface area contributed by atoms with Crippen molar-refractivity contribution in [3.05, 3.63) is 12.2 Å². The molecule has 1 saturated carbocycles. The first-order chi connectivity index (χ1) is 30.9. The molecule has 1 aliphatic carbocycles. The minimum atomic E-state index is -5.12. The Labute approximate surface area is 388 Å². The average Bonchev–Trinajstić information content (AvgIpc) is 3.28. The molecular weight excluding hydrogens is 840 g/mol. The van der Waals surface area contributed by atoms with Gasteiger partial charge >= 0.3 is 19.8 Å². The number of hydrogen-bond acceptors (Lipinski definition) is 12. The highest BCUT2D eigenvalue weighted by atomic mass is 31.2. The van der Waals surface area contributed by atoms with Gasteiger partial charge in [-0.05, 0) is 38.5 Å². The molecule has 0 aromatic heterocycles. The van der Waals surface area contributed by atoms with Crippen molar-refractivity contribution in [1.29, 1.82) is 0 Å². The van der Waals surface area contributed by atoms with E-state index in [4.69, 9.17) is 18.5 Å². The molecule has 378 valence electrons. The molecule has 8 atom stereocenters. The zero-order chi connectivity index (χ0) is 47.1. The van der Waals surface area contributed by atoms with E-state index in [0.717, 1.165) is 51.4 Å². The fourth-order valence-corrected chi connectivity index (χ4v) is 9.14. The van der Waals surface area contributed by atoms with E-state index in [-0.39, 0.29) is 12.8 Å². The van der Waals surface area contributed by atoms with Crippen molar-refractivity contribution in [2.24, 2.45) is 0 Å². The Balaban J connectivity index is 2.38. The molecule has 0 saturated heterocycles. The van der Waals surface area contributed by atoms with Crippen LogP contribution in [0.2, 0.25) is 0 Å². The summed E-state index contributed by atoms with van der Waals surface area (Å²) in [6.45, 7) is 3.32. The fraction of sp³-hybridized carbons (Fsp3) is 0.920. The predicted molar refractivity (Wildman–Crippen MR) is 254 cm³/mol. The zero-order valence-corrected chi connectivity index (χ0v) is 41.2. The van der Waals surface area contributed by atoms with Gasteiger partial charge in [0.15, 0.2) is 6.10 Å². The lowest BCUT2D eigenvalue weighted by molar-refractivity contribution is -0.220. The Morgan fingerprint density at radius 1 is 0.469 bits per heavy atom. The van der Waals surface area contributed by atoms with Gasteiger partial charge in [-0.25, -0.2) is 4.57 Å². The molecule has 13 nitrogen and oxygen atoms in total. The van der Waals surface area contributed by atoms with Crippen LogP contribution in [0.4, 0.5) is 0 Å². The largest absolute Gasteiger partial charge is 0.472 e. The highest BCUT2D eigenvalue weighted by Crippen LogP contribution is 2.47. The molecule has 0 bridgehead atoms. The van der Waals surface area contributed by atoms with E-state index < -0.39 is 75.7 Å². The zero-order valence-electron chi connectivity index (χ0n) is 40.3. The summed E-state index contributed by atoms with van der Waals surface area (Å²) in [7, 11) is -5.12. The topological polar surface area (TPSA) is 210 Å². The summed E-state index contributed by atoms with van der Waals surface area (Å²) in [5, 5.41) is 50.2. The number of unbranched alkanes of at least 4 members (excludes halogenated alkanes) is 30. The summed E-state index contributed by atoms with van der Waals surface area (Å²) in [5.74, 6) is -1.09. The minimum Gasteiger partial charge on any atom is -0.462 e. The molecule has 0 aromatic rings. The van der Waals surface area contributed by atoms with Crippen molar-refractivity contribution >= 4 is 19.8 Å². The van der Waals surface area contributed by atoms with Crippen molar-refractivity contribution < 1.29 is 63.1 Å². The van der Waals surface area contributed by atoms with Gasteiger partial charge in [0.2, 0.25) is 0 Å². The van der Waals surface area contributed by atoms with Gasteiger partial charge in [0.05, 0.1) is 6.61 Å². The van der Waals surface area contributed by atoms with Crippen LogP contribution < -0.4 is 0 Å². The molecule has 1 aliphatic rings. The third kappa shape index (κ3) is 32.3. The van der Waals surface area contributed by atoms with Gasteiger partial charge in [-0.2, -0.15) is 0 Å². The van der Waals surface area contributed by atoms with Gasteiger partial charge in [0.25, 0.3) is 0 Å². The fourth-order valence-electron chi connectivity index (χ4n) is 8.17. The number of rotatable bonds is 44. The number of aliphatic hydroxyl groups is 5. The van der Waals surface area contributed by atoms with E-state index in [1.54, 1.807) is 0 Å². The Kier molecular flexibility index (Phi) is 38.5. The molecule has 0 aromatic carbocycles. The molecule has 0 aliphatic heterocycles. The SMILES string of the molecule is CCCCCC/C=C/CCCCCCCCCC(=O)OC[C@H](COP(=O)(O)OC1C(O)C(O)C(O)[C@@H](O)C1O)OC(=O)CCCCCCCCCCCCCCCCCCCCCC. The molecular formula is C50H95O13P. The van der Waals surface area contributed by atoms with Crippen molar-refractivity contribution in [1.82, 2.24) is 0 Å². The van der Waals surface area contributed by atoms with Gasteiger partial charge in [0, 0.05) is 12.8 Å². The number of aliphatic hydroxyl groups excluding tert-OH is 5. The maximum atomic E-state index is 12.8. The number of phosphoric acid groups is 1. The number of allylic oxidation sites excluding steroid dienone is 2. The van der Waals surface area contributed by atoms with E-state index in [2.05, 4.69) is 26.0 Å². The maximum absolute atomic E-state index is 12.8. The average molecular weight is 935 g/mol. The smallest absolute Gasteiger partial charge is 0.462 e. The number of phosphoric ester groups is 1. The van der Waals surface area contributed by atoms with E-state index in [9.17, 15) is 44.6 Å². The van der Waals surface area contributed by atoms with Gasteiger partial charge < -0.3 is 39.9 Å². The van der Waals surface area contributed by atoms with Crippen LogP contribution in [0.1, 0.15) is 239 Å². The lowest BCUT2D eigenvalue weighted by Gasteiger charge is -2.41. The molecule has 6 unspecified atom stereocenters. The summed E-state index contributed by atoms with van der Waals surface area (Å²) in [5.41, 5.74) is 0. The Hall–Kier alpha value is -1.41. The van der Waals surface area contributed by atoms with Crippen LogP contribution in [0, 0.1) is 0 Å². The van der Waals surface area contributed by atoms with Crippen LogP contribution in [0.5, 0.6) is 0 Å². The lowest BCUT2D eigenvalue weighted by atomic mass is 9.85. The number of esters is 2. The highest BCUT2D eigenvalue weighted by molar-refractivity contribution is 7.47. The standard InChI is InChI=1S/C50H95O13P/c1-3-5-7-9-11-13-15-17-19-20-21-22-23-25-27-29-31-33-35-37-39-44(52)62-42(41-61-64(58,59)63-50-48(56)46(54)45(53)47(55)49(50)57)40-60-43(51)38-36-34-32-30-28-26-24-18-16-14-12-10-8-6-4-2/h14,16,42,45-50,53-57H,3-13,15,17-41H2,1-2H3,(H,58,59)/b16-14+/t42-,45?,46-,47?,48?,49?,50?/m1/s1. The van der Waals surface area contributed by atoms with Gasteiger partial charge in [0.1, 0.15) is 43.2 Å². The van der Waals surface area contributed by atoms with Crippen molar-refractivity contribution in [2.45, 2.75) is 281 Å². The summed E-state index contributed by atoms with van der Waals surface area (Å²) in [6.07, 6.45) is 31.2. The second kappa shape index (κ2) is 40.6. The van der Waals surface area contributed by atoms with Crippen LogP contribution >= 0.6 is 7.82 Å².